The lowest BCUT2D eigenvalue weighted by atomic mass is 10.0. The van der Waals surface area contributed by atoms with Crippen LogP contribution in [-0.2, 0) is 23.2 Å². The fraction of sp³-hybridized carbons (Fsp3) is 0.357. The molecule has 1 aliphatic rings. The van der Waals surface area contributed by atoms with Crippen LogP contribution in [0, 0.1) is 16.4 Å². The predicted octanol–water partition coefficient (Wildman–Crippen LogP) is 1.85. The first-order valence-electron chi connectivity index (χ1n) is 7.39. The van der Waals surface area contributed by atoms with Crippen LogP contribution in [0.4, 0.5) is 8.78 Å². The molecule has 144 valence electrons. The van der Waals surface area contributed by atoms with Crippen molar-refractivity contribution in [3.05, 3.63) is 46.0 Å². The molecular formula is C14H17F2N3O5S2. The second-order valence-corrected chi connectivity index (χ2v) is 6.77. The summed E-state index contributed by atoms with van der Waals surface area (Å²) in [6.45, 7) is 0.791. The zero-order chi connectivity index (χ0) is 19.5. The topological polar surface area (TPSA) is 131 Å². The number of nitrogens with two attached hydrogens (primary N) is 1. The Morgan fingerprint density at radius 3 is 2.65 bits per heavy atom. The number of benzene rings is 1. The molecule has 2 heterocycles. The number of H-pyrrole nitrogens is 1. The number of nitrogens with one attached hydrogen (secondary N) is 1. The lowest BCUT2D eigenvalue weighted by molar-refractivity contribution is 0.210. The van der Waals surface area contributed by atoms with E-state index in [0.717, 1.165) is 11.8 Å². The molecular weight excluding hydrogens is 392 g/mol. The zero-order valence-electron chi connectivity index (χ0n) is 13.4. The molecule has 0 amide bonds. The van der Waals surface area contributed by atoms with E-state index in [1.54, 1.807) is 0 Å². The number of hydrogen-bond donors (Lipinski definition) is 4. The maximum atomic E-state index is 13.7. The third-order valence-corrected chi connectivity index (χ3v) is 3.93. The standard InChI is InChI=1S/C14H15F2N3OS.H2O4S/c15-9-3-8-4-11(7-20-13(8)12(16)5-9)19-10(1-2-17)6-18-14(19)21;1-5(2,3)4/h3,5-6,11H,1-2,4,7,17H2,(H,18,21);(H2,1,2,3,4)/t11-;/m1./s1. The Morgan fingerprint density at radius 1 is 1.38 bits per heavy atom. The number of hydrogen-bond acceptors (Lipinski definition) is 5. The first-order valence-corrected chi connectivity index (χ1v) is 9.20. The molecule has 0 saturated heterocycles. The van der Waals surface area contributed by atoms with Crippen LogP contribution in [-0.4, -0.2) is 40.2 Å². The molecule has 3 rings (SSSR count). The van der Waals surface area contributed by atoms with Crippen molar-refractivity contribution < 1.29 is 31.0 Å². The van der Waals surface area contributed by atoms with Crippen molar-refractivity contribution in [1.29, 1.82) is 0 Å². The fourth-order valence-electron chi connectivity index (χ4n) is 2.74. The van der Waals surface area contributed by atoms with E-state index in [1.807, 2.05) is 10.8 Å². The summed E-state index contributed by atoms with van der Waals surface area (Å²) < 4.78 is 66.6. The first-order chi connectivity index (χ1) is 12.1. The van der Waals surface area contributed by atoms with Crippen LogP contribution in [0.2, 0.25) is 0 Å². The second-order valence-electron chi connectivity index (χ2n) is 5.49. The van der Waals surface area contributed by atoms with Crippen LogP contribution in [0.25, 0.3) is 0 Å². The van der Waals surface area contributed by atoms with Gasteiger partial charge >= 0.3 is 10.4 Å². The van der Waals surface area contributed by atoms with Gasteiger partial charge in [0.25, 0.3) is 0 Å². The Hall–Kier alpha value is -1.86. The maximum absolute atomic E-state index is 13.7. The van der Waals surface area contributed by atoms with Gasteiger partial charge in [0.15, 0.2) is 16.3 Å². The van der Waals surface area contributed by atoms with Gasteiger partial charge in [0.05, 0.1) is 6.04 Å². The van der Waals surface area contributed by atoms with Crippen LogP contribution < -0.4 is 10.5 Å². The van der Waals surface area contributed by atoms with Crippen molar-refractivity contribution >= 4 is 22.6 Å². The van der Waals surface area contributed by atoms with Gasteiger partial charge in [-0.2, -0.15) is 8.42 Å². The van der Waals surface area contributed by atoms with Gasteiger partial charge in [0, 0.05) is 36.4 Å². The average Bonchev–Trinajstić information content (AvgIpc) is 2.86. The number of nitrogens with zero attached hydrogens (tertiary/aromatic N) is 1. The van der Waals surface area contributed by atoms with E-state index in [-0.39, 0.29) is 11.8 Å². The highest BCUT2D eigenvalue weighted by atomic mass is 32.3. The summed E-state index contributed by atoms with van der Waals surface area (Å²) in [6, 6.07) is 2.05. The molecule has 0 aliphatic carbocycles. The number of rotatable bonds is 3. The van der Waals surface area contributed by atoms with Crippen molar-refractivity contribution in [1.82, 2.24) is 9.55 Å². The van der Waals surface area contributed by atoms with Crippen LogP contribution in [0.3, 0.4) is 0 Å². The molecule has 2 aromatic rings. The minimum atomic E-state index is -4.67. The minimum Gasteiger partial charge on any atom is -0.488 e. The lowest BCUT2D eigenvalue weighted by Crippen LogP contribution is -2.27. The Morgan fingerprint density at radius 2 is 2.04 bits per heavy atom. The molecule has 5 N–H and O–H groups in total. The highest BCUT2D eigenvalue weighted by Gasteiger charge is 2.26. The molecule has 1 aromatic heterocycles. The molecule has 1 atom stereocenters. The van der Waals surface area contributed by atoms with E-state index in [1.165, 1.54) is 6.07 Å². The molecule has 0 spiro atoms. The normalized spacial score (nSPS) is 16.3. The Kier molecular flexibility index (Phi) is 6.47. The molecule has 26 heavy (non-hydrogen) atoms. The van der Waals surface area contributed by atoms with Crippen LogP contribution in [0.15, 0.2) is 18.3 Å². The van der Waals surface area contributed by atoms with Gasteiger partial charge in [-0.25, -0.2) is 8.78 Å². The van der Waals surface area contributed by atoms with E-state index < -0.39 is 22.0 Å². The summed E-state index contributed by atoms with van der Waals surface area (Å²) in [6.07, 6.45) is 2.96. The van der Waals surface area contributed by atoms with Crippen molar-refractivity contribution in [3.8, 4) is 5.75 Å². The zero-order valence-corrected chi connectivity index (χ0v) is 15.0. The summed E-state index contributed by atoms with van der Waals surface area (Å²) in [7, 11) is -4.67. The monoisotopic (exact) mass is 409 g/mol. The number of ether oxygens (including phenoxy) is 1. The fourth-order valence-corrected chi connectivity index (χ4v) is 3.07. The number of halogens is 2. The molecule has 8 nitrogen and oxygen atoms in total. The molecule has 0 bridgehead atoms. The lowest BCUT2D eigenvalue weighted by Gasteiger charge is -2.27. The molecule has 0 unspecified atom stereocenters. The number of imidazole rings is 1. The summed E-state index contributed by atoms with van der Waals surface area (Å²) in [5, 5.41) is 0. The minimum absolute atomic E-state index is 0.0981. The van der Waals surface area contributed by atoms with Gasteiger partial charge in [0.1, 0.15) is 12.4 Å². The smallest absolute Gasteiger partial charge is 0.394 e. The van der Waals surface area contributed by atoms with Crippen LogP contribution in [0.5, 0.6) is 5.75 Å². The highest BCUT2D eigenvalue weighted by Crippen LogP contribution is 2.33. The highest BCUT2D eigenvalue weighted by molar-refractivity contribution is 7.79. The maximum Gasteiger partial charge on any atom is 0.394 e. The molecule has 0 radical (unpaired) electrons. The molecule has 1 aliphatic heterocycles. The molecule has 0 fully saturated rings. The van der Waals surface area contributed by atoms with Gasteiger partial charge in [-0.15, -0.1) is 0 Å². The largest absolute Gasteiger partial charge is 0.488 e. The van der Waals surface area contributed by atoms with E-state index in [2.05, 4.69) is 4.98 Å². The van der Waals surface area contributed by atoms with Gasteiger partial charge in [-0.1, -0.05) is 0 Å². The second kappa shape index (κ2) is 8.22. The van der Waals surface area contributed by atoms with Crippen molar-refractivity contribution in [3.63, 3.8) is 0 Å². The van der Waals surface area contributed by atoms with Crippen molar-refractivity contribution in [2.24, 2.45) is 5.73 Å². The summed E-state index contributed by atoms with van der Waals surface area (Å²) in [4.78, 5) is 2.98. The van der Waals surface area contributed by atoms with E-state index in [0.29, 0.717) is 36.3 Å². The third kappa shape index (κ3) is 5.32. The van der Waals surface area contributed by atoms with Gasteiger partial charge in [0.2, 0.25) is 0 Å². The van der Waals surface area contributed by atoms with Crippen molar-refractivity contribution in [2.45, 2.75) is 18.9 Å². The predicted molar refractivity (Wildman–Crippen MR) is 91.1 cm³/mol. The van der Waals surface area contributed by atoms with Crippen molar-refractivity contribution in [2.75, 3.05) is 13.2 Å². The first kappa shape index (κ1) is 20.5. The van der Waals surface area contributed by atoms with Gasteiger partial charge < -0.3 is 20.0 Å². The van der Waals surface area contributed by atoms with Crippen LogP contribution >= 0.6 is 12.2 Å². The average molecular weight is 409 g/mol. The number of aromatic nitrogens is 2. The summed E-state index contributed by atoms with van der Waals surface area (Å²) >= 11 is 5.28. The summed E-state index contributed by atoms with van der Waals surface area (Å²) in [5.74, 6) is -1.13. The SMILES string of the molecule is NCCc1c[nH]c(=S)n1[C@H]1COc2c(F)cc(F)cc2C1.O=S(=O)(O)O. The Labute approximate surface area is 153 Å². The van der Waals surface area contributed by atoms with Gasteiger partial charge in [-0.05, 0) is 24.8 Å². The van der Waals surface area contributed by atoms with E-state index in [9.17, 15) is 8.78 Å². The number of fused-ring (bicyclic) bond motifs is 1. The number of aromatic amines is 1. The molecule has 12 heteroatoms. The summed E-state index contributed by atoms with van der Waals surface area (Å²) in [5.41, 5.74) is 7.08. The van der Waals surface area contributed by atoms with Gasteiger partial charge in [-0.3, -0.25) is 9.11 Å². The third-order valence-electron chi connectivity index (χ3n) is 3.62. The van der Waals surface area contributed by atoms with E-state index >= 15 is 0 Å². The van der Waals surface area contributed by atoms with E-state index in [4.69, 9.17) is 40.2 Å². The Bertz CT molecular complexity index is 935. The molecule has 0 saturated carbocycles. The molecule has 1 aromatic carbocycles. The quantitative estimate of drug-likeness (QED) is 0.449. The van der Waals surface area contributed by atoms with Crippen LogP contribution in [0.1, 0.15) is 17.3 Å². The Balaban J connectivity index is 0.000000431.